The molecule has 1 saturated heterocycles. The minimum absolute atomic E-state index is 0.0870. The Morgan fingerprint density at radius 2 is 1.92 bits per heavy atom. The molecule has 38 heavy (non-hydrogen) atoms. The van der Waals surface area contributed by atoms with Crippen molar-refractivity contribution in [3.63, 3.8) is 0 Å². The van der Waals surface area contributed by atoms with Crippen LogP contribution in [0.15, 0.2) is 11.0 Å². The molecule has 216 valence electrons. The monoisotopic (exact) mass is 637 g/mol. The zero-order valence-corrected chi connectivity index (χ0v) is 24.9. The van der Waals surface area contributed by atoms with Crippen molar-refractivity contribution in [2.75, 3.05) is 24.0 Å². The lowest BCUT2D eigenvalue weighted by Gasteiger charge is -2.20. The number of ether oxygens (including phenoxy) is 1. The Balaban J connectivity index is 2.03. The van der Waals surface area contributed by atoms with E-state index in [2.05, 4.69) is 46.4 Å². The van der Waals surface area contributed by atoms with E-state index in [1.54, 1.807) is 21.6 Å². The molecule has 0 spiro atoms. The minimum Gasteiger partial charge on any atom is -0.390 e. The summed E-state index contributed by atoms with van der Waals surface area (Å²) in [5.41, 5.74) is 5.28. The summed E-state index contributed by atoms with van der Waals surface area (Å²) in [5.74, 6) is 4.79. The van der Waals surface area contributed by atoms with Crippen LogP contribution in [0.4, 0.5) is 5.82 Å². The van der Waals surface area contributed by atoms with Crippen LogP contribution < -0.4 is 11.4 Å². The molecule has 1 aliphatic rings. The molecule has 1 aliphatic heterocycles. The maximum absolute atomic E-state index is 12.4. The van der Waals surface area contributed by atoms with Crippen molar-refractivity contribution in [3.8, 4) is 11.8 Å². The van der Waals surface area contributed by atoms with Gasteiger partial charge in [-0.1, -0.05) is 54.2 Å². The lowest BCUT2D eigenvalue weighted by molar-refractivity contribution is -0.0447. The molecule has 0 saturated carbocycles. The Bertz CT molecular complexity index is 1250. The molecular formula is C18H30N3O12P3S2. The van der Waals surface area contributed by atoms with Crippen LogP contribution in [0, 0.1) is 11.8 Å². The molecule has 0 radical (unpaired) electrons. The molecule has 1 aromatic rings. The standard InChI is InChI=1S/C18H30N3O12P3S2/c1-18(2,3)38-37-7-5-4-6-12-9-21(17(23)20-16(12)19)15-8-13(22)14(32-15)10-31-36(29,30)33-35(27,28)11-34(24,25)26/h9,13-15,22H,5,7-8,10-11H2,1-3H3,(H,27,28)(H,29,30)(H2,19,20,23)(H2,24,25,26)/t13-,14+,15+/m0/s1. The van der Waals surface area contributed by atoms with Crippen LogP contribution in [0.25, 0.3) is 0 Å². The first-order chi connectivity index (χ1) is 17.3. The van der Waals surface area contributed by atoms with Crippen LogP contribution >= 0.6 is 44.6 Å². The maximum Gasteiger partial charge on any atom is 0.479 e. The molecule has 0 amide bonds. The molecule has 0 aromatic carbocycles. The van der Waals surface area contributed by atoms with E-state index in [4.69, 9.17) is 20.3 Å². The van der Waals surface area contributed by atoms with Gasteiger partial charge in [0.15, 0.2) is 5.90 Å². The van der Waals surface area contributed by atoms with Crippen LogP contribution in [-0.2, 0) is 27.3 Å². The number of aliphatic hydroxyl groups is 1. The predicted molar refractivity (Wildman–Crippen MR) is 142 cm³/mol. The third kappa shape index (κ3) is 11.8. The first-order valence-electron chi connectivity index (χ1n) is 10.8. The number of phosphoric ester groups is 1. The van der Waals surface area contributed by atoms with Crippen LogP contribution in [-0.4, -0.2) is 69.4 Å². The molecule has 5 atom stereocenters. The first kappa shape index (κ1) is 33.5. The normalized spacial score (nSPS) is 23.3. The molecule has 1 fully saturated rings. The number of nitrogens with zero attached hydrogens (tertiary/aromatic N) is 2. The SMILES string of the molecule is CC(C)(C)SSCCC#Cc1cn([C@H]2C[C@H](O)[C@@H](COP(=O)(O)OP(=O)(O)CP(=O)(O)O)O2)c(=O)nc1N. The molecule has 20 heteroatoms. The average molecular weight is 638 g/mol. The van der Waals surface area contributed by atoms with Gasteiger partial charge in [0.1, 0.15) is 18.1 Å². The minimum atomic E-state index is -5.29. The van der Waals surface area contributed by atoms with Crippen molar-refractivity contribution in [1.82, 2.24) is 9.55 Å². The van der Waals surface area contributed by atoms with E-state index < -0.39 is 59.6 Å². The summed E-state index contributed by atoms with van der Waals surface area (Å²) in [4.78, 5) is 52.7. The van der Waals surface area contributed by atoms with E-state index in [0.717, 1.165) is 10.3 Å². The third-order valence-electron chi connectivity index (χ3n) is 4.33. The molecular weight excluding hydrogens is 607 g/mol. The topological polar surface area (TPSA) is 241 Å². The highest BCUT2D eigenvalue weighted by Crippen LogP contribution is 2.65. The fraction of sp³-hybridized carbons (Fsp3) is 0.667. The maximum atomic E-state index is 12.4. The zero-order chi connectivity index (χ0) is 28.9. The van der Waals surface area contributed by atoms with E-state index in [1.165, 1.54) is 6.20 Å². The highest BCUT2D eigenvalue weighted by atomic mass is 33.1. The predicted octanol–water partition coefficient (Wildman–Crippen LogP) is 1.85. The number of anilines is 1. The van der Waals surface area contributed by atoms with Gasteiger partial charge in [-0.05, 0) is 0 Å². The average Bonchev–Trinajstić information content (AvgIpc) is 3.07. The summed E-state index contributed by atoms with van der Waals surface area (Å²) >= 11 is 0. The molecule has 2 heterocycles. The van der Waals surface area contributed by atoms with Gasteiger partial charge in [0.2, 0.25) is 0 Å². The Morgan fingerprint density at radius 3 is 2.53 bits per heavy atom. The summed E-state index contributed by atoms with van der Waals surface area (Å²) < 4.78 is 49.8. The van der Waals surface area contributed by atoms with Crippen molar-refractivity contribution in [2.45, 2.75) is 56.8 Å². The Labute approximate surface area is 226 Å². The van der Waals surface area contributed by atoms with E-state index in [9.17, 15) is 33.4 Å². The van der Waals surface area contributed by atoms with Crippen LogP contribution in [0.2, 0.25) is 0 Å². The van der Waals surface area contributed by atoms with Gasteiger partial charge in [0.05, 0.1) is 18.3 Å². The second-order valence-corrected chi connectivity index (χ2v) is 17.8. The fourth-order valence-electron chi connectivity index (χ4n) is 2.90. The summed E-state index contributed by atoms with van der Waals surface area (Å²) in [6.45, 7) is 5.48. The van der Waals surface area contributed by atoms with E-state index >= 15 is 0 Å². The number of hydrogen-bond acceptors (Lipinski definition) is 12. The van der Waals surface area contributed by atoms with Gasteiger partial charge in [0, 0.05) is 29.5 Å². The Morgan fingerprint density at radius 1 is 1.26 bits per heavy atom. The van der Waals surface area contributed by atoms with E-state index in [1.807, 2.05) is 0 Å². The second-order valence-electron chi connectivity index (χ2n) is 9.02. The Kier molecular flexibility index (Phi) is 11.7. The third-order valence-corrected chi connectivity index (χ3v) is 12.9. The van der Waals surface area contributed by atoms with Gasteiger partial charge in [-0.25, -0.2) is 13.7 Å². The van der Waals surface area contributed by atoms with Crippen LogP contribution in [0.3, 0.4) is 0 Å². The van der Waals surface area contributed by atoms with Gasteiger partial charge in [0.25, 0.3) is 0 Å². The quantitative estimate of drug-likeness (QED) is 0.0878. The summed E-state index contributed by atoms with van der Waals surface area (Å²) in [7, 11) is -12.1. The number of nitrogens with two attached hydrogens (primary N) is 1. The molecule has 0 bridgehead atoms. The van der Waals surface area contributed by atoms with Gasteiger partial charge in [-0.15, -0.1) is 0 Å². The number of rotatable bonds is 11. The molecule has 0 aliphatic carbocycles. The zero-order valence-electron chi connectivity index (χ0n) is 20.6. The smallest absolute Gasteiger partial charge is 0.390 e. The molecule has 1 aromatic heterocycles. The summed E-state index contributed by atoms with van der Waals surface area (Å²) in [6, 6.07) is 0. The number of nitrogen functional groups attached to an aromatic ring is 1. The van der Waals surface area contributed by atoms with Crippen molar-refractivity contribution >= 4 is 50.4 Å². The van der Waals surface area contributed by atoms with Crippen molar-refractivity contribution < 1.29 is 51.9 Å². The Hall–Kier alpha value is -0.690. The number of phosphoric acid groups is 1. The first-order valence-corrected chi connectivity index (χ1v) is 18.2. The number of aromatic nitrogens is 2. The largest absolute Gasteiger partial charge is 0.479 e. The van der Waals surface area contributed by atoms with Gasteiger partial charge >= 0.3 is 28.7 Å². The summed E-state index contributed by atoms with van der Waals surface area (Å²) in [6.07, 6.45) is -1.92. The molecule has 15 nitrogen and oxygen atoms in total. The van der Waals surface area contributed by atoms with Gasteiger partial charge < -0.3 is 35.2 Å². The van der Waals surface area contributed by atoms with E-state index in [-0.39, 0.29) is 22.5 Å². The fourth-order valence-corrected chi connectivity index (χ4v) is 9.43. The van der Waals surface area contributed by atoms with E-state index in [0.29, 0.717) is 6.42 Å². The van der Waals surface area contributed by atoms with Crippen molar-refractivity contribution in [1.29, 1.82) is 0 Å². The van der Waals surface area contributed by atoms with Gasteiger partial charge in [-0.3, -0.25) is 18.2 Å². The lowest BCUT2D eigenvalue weighted by Crippen LogP contribution is -2.29. The van der Waals surface area contributed by atoms with Crippen LogP contribution in [0.5, 0.6) is 0 Å². The number of aliphatic hydroxyl groups excluding tert-OH is 1. The molecule has 2 rings (SSSR count). The number of hydrogen-bond donors (Lipinski definition) is 6. The van der Waals surface area contributed by atoms with Crippen molar-refractivity contribution in [3.05, 3.63) is 22.2 Å². The van der Waals surface area contributed by atoms with Crippen LogP contribution in [0.1, 0.15) is 45.4 Å². The highest BCUT2D eigenvalue weighted by molar-refractivity contribution is 8.77. The summed E-state index contributed by atoms with van der Waals surface area (Å²) in [5, 5.41) is 10.3. The molecule has 7 N–H and O–H groups in total. The second kappa shape index (κ2) is 13.3. The molecule has 2 unspecified atom stereocenters. The van der Waals surface area contributed by atoms with Gasteiger partial charge in [-0.2, -0.15) is 4.98 Å². The highest BCUT2D eigenvalue weighted by Gasteiger charge is 2.42. The lowest BCUT2D eigenvalue weighted by atomic mass is 10.2. The van der Waals surface area contributed by atoms with Crippen molar-refractivity contribution in [2.24, 2.45) is 0 Å².